The predicted octanol–water partition coefficient (Wildman–Crippen LogP) is -4.35. The quantitative estimate of drug-likeness (QED) is 0.0957. The molecule has 3 aliphatic heterocycles. The minimum atomic E-state index is -1.88. The number of aliphatic hydroxyl groups excluding tert-OH is 11. The first-order valence-corrected chi connectivity index (χ1v) is 17.5. The third kappa shape index (κ3) is 8.23. The summed E-state index contributed by atoms with van der Waals surface area (Å²) in [6.45, 7) is 1.87. The predicted molar refractivity (Wildman–Crippen MR) is 171 cm³/mol. The van der Waals surface area contributed by atoms with Crippen molar-refractivity contribution in [2.24, 2.45) is 0 Å². The van der Waals surface area contributed by atoms with Crippen molar-refractivity contribution in [2.75, 3.05) is 13.2 Å². The third-order valence-corrected chi connectivity index (χ3v) is 10.8. The molecule has 284 valence electrons. The Morgan fingerprint density at radius 1 is 0.680 bits per heavy atom. The fourth-order valence-corrected chi connectivity index (χ4v) is 7.79. The van der Waals surface area contributed by atoms with Crippen LogP contribution in [0.4, 0.5) is 0 Å². The average Bonchev–Trinajstić information content (AvgIpc) is 3.11. The second-order valence-corrected chi connectivity index (χ2v) is 14.1. The van der Waals surface area contributed by atoms with Gasteiger partial charge in [0.1, 0.15) is 84.8 Å². The molecule has 12 N–H and O–H groups in total. The summed E-state index contributed by atoms with van der Waals surface area (Å²) >= 11 is 1.12. The lowest BCUT2D eigenvalue weighted by atomic mass is 9.85. The minimum absolute atomic E-state index is 0.393. The first kappa shape index (κ1) is 39.8. The Bertz CT molecular complexity index is 1250. The van der Waals surface area contributed by atoms with Crippen LogP contribution in [0.1, 0.15) is 20.3 Å². The highest BCUT2D eigenvalue weighted by Crippen LogP contribution is 2.37. The molecule has 0 spiro atoms. The number of nitrogens with one attached hydrogen (secondary N) is 1. The maximum Gasteiger partial charge on any atom is 0.187 e. The zero-order valence-electron chi connectivity index (χ0n) is 27.4. The standard InChI is InChI=1S/C32H49NO16S/c1-3-13-9-15(20(37)22(39)19(13)36)33-18-12(2)45-30(25(42)21(18)38)48-28-16(10-34)46-31(26(43)23(28)40)49-29-17(11-35)47-32(27(44)24(29)41)50-14-7-5-4-6-8-14/h4-9,12,15-44H,3,10-11H2,1-2H3. The van der Waals surface area contributed by atoms with E-state index in [9.17, 15) is 56.2 Å². The van der Waals surface area contributed by atoms with Crippen LogP contribution < -0.4 is 5.32 Å². The summed E-state index contributed by atoms with van der Waals surface area (Å²) in [5, 5.41) is 120. The molecule has 0 amide bonds. The molecule has 5 rings (SSSR count). The van der Waals surface area contributed by atoms with Crippen molar-refractivity contribution in [3.8, 4) is 0 Å². The van der Waals surface area contributed by atoms with Crippen LogP contribution in [0.15, 0.2) is 46.9 Å². The van der Waals surface area contributed by atoms with E-state index < -0.39 is 129 Å². The minimum Gasteiger partial charge on any atom is -0.394 e. The molecule has 17 nitrogen and oxygen atoms in total. The lowest BCUT2D eigenvalue weighted by Gasteiger charge is -2.49. The summed E-state index contributed by atoms with van der Waals surface area (Å²) in [5.74, 6) is 0. The van der Waals surface area contributed by atoms with Gasteiger partial charge in [-0.3, -0.25) is 0 Å². The fourth-order valence-electron chi connectivity index (χ4n) is 6.71. The second-order valence-electron chi connectivity index (χ2n) is 13.0. The van der Waals surface area contributed by atoms with Crippen LogP contribution in [0.25, 0.3) is 0 Å². The van der Waals surface area contributed by atoms with Gasteiger partial charge in [-0.25, -0.2) is 0 Å². The first-order chi connectivity index (χ1) is 23.8. The average molecular weight is 736 g/mol. The highest BCUT2D eigenvalue weighted by atomic mass is 32.2. The normalized spacial score (nSPS) is 47.1. The van der Waals surface area contributed by atoms with Gasteiger partial charge in [0, 0.05) is 4.90 Å². The van der Waals surface area contributed by atoms with Crippen molar-refractivity contribution in [3.05, 3.63) is 42.0 Å². The molecule has 1 aliphatic carbocycles. The molecule has 3 saturated heterocycles. The summed E-state index contributed by atoms with van der Waals surface area (Å²) in [7, 11) is 0. The van der Waals surface area contributed by atoms with Gasteiger partial charge >= 0.3 is 0 Å². The van der Waals surface area contributed by atoms with Crippen molar-refractivity contribution in [3.63, 3.8) is 0 Å². The van der Waals surface area contributed by atoms with Crippen LogP contribution in [-0.4, -0.2) is 185 Å². The molecule has 0 radical (unpaired) electrons. The van der Waals surface area contributed by atoms with Crippen LogP contribution in [0, 0.1) is 0 Å². The van der Waals surface area contributed by atoms with Gasteiger partial charge in [-0.2, -0.15) is 0 Å². The van der Waals surface area contributed by atoms with Gasteiger partial charge < -0.3 is 85.2 Å². The number of rotatable bonds is 11. The summed E-state index contributed by atoms with van der Waals surface area (Å²) in [4.78, 5) is 0.734. The molecule has 0 bridgehead atoms. The second kappa shape index (κ2) is 17.2. The van der Waals surface area contributed by atoms with Crippen molar-refractivity contribution in [1.29, 1.82) is 0 Å². The van der Waals surface area contributed by atoms with Gasteiger partial charge in [-0.05, 0) is 31.1 Å². The van der Waals surface area contributed by atoms with E-state index in [-0.39, 0.29) is 0 Å². The van der Waals surface area contributed by atoms with Gasteiger partial charge in [0.2, 0.25) is 0 Å². The highest BCUT2D eigenvalue weighted by molar-refractivity contribution is 7.99. The van der Waals surface area contributed by atoms with E-state index in [1.165, 1.54) is 6.92 Å². The lowest BCUT2D eigenvalue weighted by Crippen LogP contribution is -2.68. The molecule has 19 unspecified atom stereocenters. The molecular formula is C32H49NO16S. The number of hydrogen-bond acceptors (Lipinski definition) is 18. The monoisotopic (exact) mass is 735 g/mol. The number of aliphatic hydroxyl groups is 11. The molecule has 4 aliphatic rings. The van der Waals surface area contributed by atoms with Crippen LogP contribution in [0.3, 0.4) is 0 Å². The van der Waals surface area contributed by atoms with Crippen molar-refractivity contribution >= 4 is 11.8 Å². The van der Waals surface area contributed by atoms with Gasteiger partial charge in [0.25, 0.3) is 0 Å². The highest BCUT2D eigenvalue weighted by Gasteiger charge is 2.53. The number of benzene rings is 1. The largest absolute Gasteiger partial charge is 0.394 e. The zero-order chi connectivity index (χ0) is 36.4. The van der Waals surface area contributed by atoms with Crippen LogP contribution in [0.5, 0.6) is 0 Å². The lowest BCUT2D eigenvalue weighted by molar-refractivity contribution is -0.366. The van der Waals surface area contributed by atoms with Crippen molar-refractivity contribution in [2.45, 2.75) is 141 Å². The Labute approximate surface area is 292 Å². The molecule has 0 aromatic heterocycles. The van der Waals surface area contributed by atoms with Crippen LogP contribution >= 0.6 is 11.8 Å². The molecule has 1 aromatic rings. The van der Waals surface area contributed by atoms with Crippen LogP contribution in [0.2, 0.25) is 0 Å². The summed E-state index contributed by atoms with van der Waals surface area (Å²) in [6, 6.07) is 7.02. The Morgan fingerprint density at radius 2 is 1.24 bits per heavy atom. The maximum atomic E-state index is 11.1. The smallest absolute Gasteiger partial charge is 0.187 e. The molecule has 0 saturated carbocycles. The van der Waals surface area contributed by atoms with E-state index >= 15 is 0 Å². The Balaban J connectivity index is 1.22. The Kier molecular flexibility index (Phi) is 13.7. The van der Waals surface area contributed by atoms with E-state index in [0.29, 0.717) is 12.0 Å². The number of hydrogen-bond donors (Lipinski definition) is 12. The summed E-state index contributed by atoms with van der Waals surface area (Å²) < 4.78 is 28.9. The molecular weight excluding hydrogens is 686 g/mol. The van der Waals surface area contributed by atoms with Crippen LogP contribution in [-0.2, 0) is 23.7 Å². The topological polar surface area (TPSA) is 281 Å². The molecule has 1 aromatic carbocycles. The van der Waals surface area contributed by atoms with Gasteiger partial charge in [-0.1, -0.05) is 43.0 Å². The fraction of sp³-hybridized carbons (Fsp3) is 0.750. The first-order valence-electron chi connectivity index (χ1n) is 16.6. The Morgan fingerprint density at radius 3 is 1.84 bits per heavy atom. The van der Waals surface area contributed by atoms with E-state index in [2.05, 4.69) is 5.32 Å². The summed E-state index contributed by atoms with van der Waals surface area (Å²) in [6.07, 6.45) is -22.2. The summed E-state index contributed by atoms with van der Waals surface area (Å²) in [5.41, 5.74) is -0.509. The zero-order valence-corrected chi connectivity index (χ0v) is 28.2. The molecule has 3 heterocycles. The van der Waals surface area contributed by atoms with Crippen molar-refractivity contribution in [1.82, 2.24) is 5.32 Å². The number of ether oxygens (including phenoxy) is 5. The molecule has 50 heavy (non-hydrogen) atoms. The molecule has 19 atom stereocenters. The number of thioether (sulfide) groups is 1. The molecule has 3 fully saturated rings. The van der Waals surface area contributed by atoms with Crippen molar-refractivity contribution < 1.29 is 79.9 Å². The third-order valence-electron chi connectivity index (χ3n) is 9.68. The maximum absolute atomic E-state index is 11.1. The van der Waals surface area contributed by atoms with E-state index in [4.69, 9.17) is 23.7 Å². The van der Waals surface area contributed by atoms with Gasteiger partial charge in [0.05, 0.1) is 31.4 Å². The van der Waals surface area contributed by atoms with E-state index in [1.54, 1.807) is 37.3 Å². The van der Waals surface area contributed by atoms with E-state index in [1.807, 2.05) is 6.07 Å². The van der Waals surface area contributed by atoms with Gasteiger partial charge in [-0.15, -0.1) is 0 Å². The Hall–Kier alpha value is -1.37. The van der Waals surface area contributed by atoms with Gasteiger partial charge in [0.15, 0.2) is 12.6 Å². The SMILES string of the molecule is CCC1=CC(NC2C(C)OC(OC3C(CO)OC(OC4C(CO)OC(Sc5ccccc5)C(O)C4O)C(O)C3O)C(O)C2O)C(O)C(O)C1O. The molecule has 18 heteroatoms. The van der Waals surface area contributed by atoms with E-state index in [0.717, 1.165) is 16.7 Å².